The summed E-state index contributed by atoms with van der Waals surface area (Å²) < 4.78 is 0. The number of benzene rings is 1. The van der Waals surface area contributed by atoms with Crippen molar-refractivity contribution in [3.05, 3.63) is 46.1 Å². The second kappa shape index (κ2) is 7.18. The van der Waals surface area contributed by atoms with Crippen molar-refractivity contribution in [2.75, 3.05) is 22.1 Å². The summed E-state index contributed by atoms with van der Waals surface area (Å²) in [5.74, 6) is 0.751. The molecule has 1 amide bonds. The monoisotopic (exact) mass is 368 g/mol. The molecular formula is C18H20N6O3. The van der Waals surface area contributed by atoms with Crippen molar-refractivity contribution in [3.8, 4) is 0 Å². The molecule has 1 aromatic carbocycles. The zero-order chi connectivity index (χ0) is 18.8. The summed E-state index contributed by atoms with van der Waals surface area (Å²) in [5, 5.41) is 17.3. The topological polar surface area (TPSA) is 113 Å². The number of hydrogen-bond acceptors (Lipinski definition) is 7. The molecule has 1 saturated heterocycles. The van der Waals surface area contributed by atoms with E-state index in [2.05, 4.69) is 20.6 Å². The van der Waals surface area contributed by atoms with Crippen molar-refractivity contribution >= 4 is 29.0 Å². The average Bonchev–Trinajstić information content (AvgIpc) is 3.38. The van der Waals surface area contributed by atoms with Gasteiger partial charge in [-0.2, -0.15) is 4.98 Å². The highest BCUT2D eigenvalue weighted by molar-refractivity contribution is 5.95. The van der Waals surface area contributed by atoms with E-state index in [9.17, 15) is 14.9 Å². The summed E-state index contributed by atoms with van der Waals surface area (Å²) in [6, 6.07) is 8.01. The summed E-state index contributed by atoms with van der Waals surface area (Å²) in [6.45, 7) is 1.25. The van der Waals surface area contributed by atoms with E-state index in [1.165, 1.54) is 6.20 Å². The minimum Gasteiger partial charge on any atom is -0.361 e. The minimum absolute atomic E-state index is 0.118. The van der Waals surface area contributed by atoms with Crippen LogP contribution in [-0.2, 0) is 11.3 Å². The first-order valence-electron chi connectivity index (χ1n) is 9.01. The number of nitrogens with zero attached hydrogens (tertiary/aromatic N) is 4. The lowest BCUT2D eigenvalue weighted by atomic mass is 10.2. The highest BCUT2D eigenvalue weighted by atomic mass is 16.6. The maximum absolute atomic E-state index is 11.8. The molecule has 1 aromatic heterocycles. The molecule has 2 fully saturated rings. The number of amides is 1. The fraction of sp³-hybridized carbons (Fsp3) is 0.389. The van der Waals surface area contributed by atoms with E-state index in [4.69, 9.17) is 0 Å². The van der Waals surface area contributed by atoms with Gasteiger partial charge in [0.15, 0.2) is 0 Å². The van der Waals surface area contributed by atoms with E-state index in [1.54, 1.807) is 4.90 Å². The zero-order valence-corrected chi connectivity index (χ0v) is 14.7. The van der Waals surface area contributed by atoms with Crippen LogP contribution in [-0.4, -0.2) is 33.4 Å². The number of anilines is 3. The molecule has 9 nitrogen and oxygen atoms in total. The van der Waals surface area contributed by atoms with Crippen LogP contribution in [0.25, 0.3) is 0 Å². The summed E-state index contributed by atoms with van der Waals surface area (Å²) in [6.07, 6.45) is 4.72. The van der Waals surface area contributed by atoms with Crippen LogP contribution < -0.4 is 15.5 Å². The van der Waals surface area contributed by atoms with E-state index < -0.39 is 4.92 Å². The van der Waals surface area contributed by atoms with Gasteiger partial charge in [0.05, 0.1) is 4.92 Å². The molecule has 0 bridgehead atoms. The number of nitrogens with one attached hydrogen (secondary N) is 2. The Balaban J connectivity index is 1.42. The molecule has 2 N–H and O–H groups in total. The van der Waals surface area contributed by atoms with Crippen molar-refractivity contribution in [2.24, 2.45) is 0 Å². The Hall–Kier alpha value is -3.23. The minimum atomic E-state index is -0.479. The molecule has 140 valence electrons. The summed E-state index contributed by atoms with van der Waals surface area (Å²) in [7, 11) is 0. The Labute approximate surface area is 156 Å². The Morgan fingerprint density at radius 3 is 2.67 bits per heavy atom. The Bertz CT molecular complexity index is 866. The molecule has 0 unspecified atom stereocenters. The summed E-state index contributed by atoms with van der Waals surface area (Å²) in [5.41, 5.74) is 1.79. The number of rotatable bonds is 7. The van der Waals surface area contributed by atoms with Crippen molar-refractivity contribution in [3.63, 3.8) is 0 Å². The number of carbonyl (C=O) groups excluding carboxylic acids is 1. The third kappa shape index (κ3) is 3.97. The molecule has 2 aromatic rings. The van der Waals surface area contributed by atoms with Crippen LogP contribution >= 0.6 is 0 Å². The SMILES string of the molecule is O=C1CCCN1c1ccc(CNc2ncc([N+](=O)[O-])c(NC3CC3)n2)cc1. The first-order chi connectivity index (χ1) is 13.1. The van der Waals surface area contributed by atoms with Gasteiger partial charge in [-0.05, 0) is 37.0 Å². The van der Waals surface area contributed by atoms with Gasteiger partial charge in [0.1, 0.15) is 6.20 Å². The number of carbonyl (C=O) groups is 1. The van der Waals surface area contributed by atoms with E-state index >= 15 is 0 Å². The van der Waals surface area contributed by atoms with Gasteiger partial charge in [-0.25, -0.2) is 4.98 Å². The number of aromatic nitrogens is 2. The standard InChI is InChI=1S/C18H20N6O3/c25-16-2-1-9-23(16)14-7-3-12(4-8-14)10-19-18-20-11-15(24(26)27)17(22-18)21-13-5-6-13/h3-4,7-8,11,13H,1-2,5-6,9-10H2,(H2,19,20,21,22). The molecule has 1 aliphatic carbocycles. The maximum Gasteiger partial charge on any atom is 0.329 e. The molecule has 4 rings (SSSR count). The van der Waals surface area contributed by atoms with Gasteiger partial charge in [0.2, 0.25) is 17.7 Å². The molecule has 1 saturated carbocycles. The van der Waals surface area contributed by atoms with Gasteiger partial charge < -0.3 is 15.5 Å². The second-order valence-corrected chi connectivity index (χ2v) is 6.77. The first kappa shape index (κ1) is 17.2. The molecule has 0 atom stereocenters. The van der Waals surface area contributed by atoms with Crippen molar-refractivity contribution in [1.29, 1.82) is 0 Å². The van der Waals surface area contributed by atoms with Crippen LogP contribution in [0.3, 0.4) is 0 Å². The number of nitro groups is 1. The van der Waals surface area contributed by atoms with E-state index in [0.29, 0.717) is 18.9 Å². The highest BCUT2D eigenvalue weighted by Crippen LogP contribution is 2.29. The van der Waals surface area contributed by atoms with Gasteiger partial charge in [-0.3, -0.25) is 14.9 Å². The van der Waals surface area contributed by atoms with Crippen LogP contribution in [0.4, 0.5) is 23.1 Å². The van der Waals surface area contributed by atoms with E-state index in [-0.39, 0.29) is 23.5 Å². The molecule has 2 aliphatic rings. The van der Waals surface area contributed by atoms with E-state index in [1.807, 2.05) is 24.3 Å². The van der Waals surface area contributed by atoms with Gasteiger partial charge in [-0.15, -0.1) is 0 Å². The van der Waals surface area contributed by atoms with Gasteiger partial charge in [0, 0.05) is 31.2 Å². The molecule has 0 spiro atoms. The summed E-state index contributed by atoms with van der Waals surface area (Å²) in [4.78, 5) is 32.5. The second-order valence-electron chi connectivity index (χ2n) is 6.77. The Kier molecular flexibility index (Phi) is 4.57. The number of hydrogen-bond donors (Lipinski definition) is 2. The smallest absolute Gasteiger partial charge is 0.329 e. The largest absolute Gasteiger partial charge is 0.361 e. The van der Waals surface area contributed by atoms with Crippen LogP contribution in [0.2, 0.25) is 0 Å². The maximum atomic E-state index is 11.8. The molecule has 0 radical (unpaired) electrons. The van der Waals surface area contributed by atoms with Gasteiger partial charge in [0.25, 0.3) is 0 Å². The average molecular weight is 368 g/mol. The third-order valence-corrected chi connectivity index (χ3v) is 4.66. The molecule has 27 heavy (non-hydrogen) atoms. The zero-order valence-electron chi connectivity index (χ0n) is 14.7. The van der Waals surface area contributed by atoms with E-state index in [0.717, 1.165) is 37.1 Å². The third-order valence-electron chi connectivity index (χ3n) is 4.66. The lowest BCUT2D eigenvalue weighted by molar-refractivity contribution is -0.384. The van der Waals surface area contributed by atoms with Crippen LogP contribution in [0, 0.1) is 10.1 Å². The molecule has 9 heteroatoms. The first-order valence-corrected chi connectivity index (χ1v) is 9.01. The van der Waals surface area contributed by atoms with Crippen molar-refractivity contribution in [1.82, 2.24) is 9.97 Å². The quantitative estimate of drug-likeness (QED) is 0.570. The van der Waals surface area contributed by atoms with Crippen molar-refractivity contribution < 1.29 is 9.72 Å². The Morgan fingerprint density at radius 1 is 1.26 bits per heavy atom. The van der Waals surface area contributed by atoms with Crippen LogP contribution in [0.15, 0.2) is 30.5 Å². The van der Waals surface area contributed by atoms with Gasteiger partial charge in [-0.1, -0.05) is 12.1 Å². The normalized spacial score (nSPS) is 16.4. The fourth-order valence-corrected chi connectivity index (χ4v) is 3.02. The van der Waals surface area contributed by atoms with Crippen LogP contribution in [0.1, 0.15) is 31.2 Å². The molecule has 1 aliphatic heterocycles. The Morgan fingerprint density at radius 2 is 2.04 bits per heavy atom. The predicted octanol–water partition coefficient (Wildman–Crippen LogP) is 2.70. The predicted molar refractivity (Wildman–Crippen MR) is 101 cm³/mol. The molecule has 2 heterocycles. The molecular weight excluding hydrogens is 348 g/mol. The highest BCUT2D eigenvalue weighted by Gasteiger charge is 2.26. The summed E-state index contributed by atoms with van der Waals surface area (Å²) >= 11 is 0. The lowest BCUT2D eigenvalue weighted by Gasteiger charge is -2.16. The lowest BCUT2D eigenvalue weighted by Crippen LogP contribution is -2.23. The fourth-order valence-electron chi connectivity index (χ4n) is 3.02. The van der Waals surface area contributed by atoms with Crippen LogP contribution in [0.5, 0.6) is 0 Å². The van der Waals surface area contributed by atoms with Gasteiger partial charge >= 0.3 is 5.69 Å². The van der Waals surface area contributed by atoms with Crippen molar-refractivity contribution in [2.45, 2.75) is 38.3 Å².